The molecule has 0 aromatic heterocycles. The average molecular weight is 270 g/mol. The fourth-order valence-electron chi connectivity index (χ4n) is 1.71. The van der Waals surface area contributed by atoms with Crippen molar-refractivity contribution < 1.29 is 18.7 Å². The van der Waals surface area contributed by atoms with Gasteiger partial charge in [-0.1, -0.05) is 0 Å². The monoisotopic (exact) mass is 270 g/mol. The van der Waals surface area contributed by atoms with E-state index in [1.807, 2.05) is 0 Å². The minimum atomic E-state index is -0.502. The van der Waals surface area contributed by atoms with Gasteiger partial charge in [-0.3, -0.25) is 4.79 Å². The Bertz CT molecular complexity index is 440. The van der Waals surface area contributed by atoms with E-state index in [1.54, 1.807) is 14.2 Å². The van der Waals surface area contributed by atoms with E-state index in [9.17, 15) is 9.18 Å². The Morgan fingerprint density at radius 1 is 1.47 bits per heavy atom. The van der Waals surface area contributed by atoms with Crippen molar-refractivity contribution in [3.8, 4) is 5.75 Å². The van der Waals surface area contributed by atoms with E-state index >= 15 is 0 Å². The summed E-state index contributed by atoms with van der Waals surface area (Å²) in [7, 11) is 4.53. The Hall–Kier alpha value is -1.66. The molecule has 0 aliphatic rings. The molecule has 5 nitrogen and oxygen atoms in total. The largest absolute Gasteiger partial charge is 0.494 e. The number of hydrogen-bond acceptors (Lipinski definition) is 4. The van der Waals surface area contributed by atoms with Crippen LogP contribution < -0.4 is 10.5 Å². The molecule has 0 aliphatic carbocycles. The first-order valence-electron chi connectivity index (χ1n) is 5.83. The molecule has 0 heterocycles. The maximum absolute atomic E-state index is 13.3. The molecule has 0 spiro atoms. The fraction of sp³-hybridized carbons (Fsp3) is 0.462. The Balaban J connectivity index is 2.76. The van der Waals surface area contributed by atoms with Crippen molar-refractivity contribution in [1.29, 1.82) is 0 Å². The van der Waals surface area contributed by atoms with Crippen LogP contribution in [-0.4, -0.2) is 51.3 Å². The molecule has 1 aromatic carbocycles. The Morgan fingerprint density at radius 2 is 2.16 bits per heavy atom. The highest BCUT2D eigenvalue weighted by Crippen LogP contribution is 2.19. The SMILES string of the molecule is COCC(N)CN(C)C(=O)c1ccc(F)c(OC)c1. The third-order valence-electron chi connectivity index (χ3n) is 2.63. The van der Waals surface area contributed by atoms with E-state index in [4.69, 9.17) is 15.2 Å². The molecule has 2 N–H and O–H groups in total. The molecule has 1 aromatic rings. The molecule has 1 amide bonds. The summed E-state index contributed by atoms with van der Waals surface area (Å²) >= 11 is 0. The third kappa shape index (κ3) is 4.18. The normalized spacial score (nSPS) is 12.1. The molecule has 0 fully saturated rings. The highest BCUT2D eigenvalue weighted by atomic mass is 19.1. The van der Waals surface area contributed by atoms with Gasteiger partial charge in [0.1, 0.15) is 0 Å². The van der Waals surface area contributed by atoms with Crippen molar-refractivity contribution in [2.75, 3.05) is 34.4 Å². The van der Waals surface area contributed by atoms with Crippen molar-refractivity contribution in [3.63, 3.8) is 0 Å². The lowest BCUT2D eigenvalue weighted by atomic mass is 10.1. The van der Waals surface area contributed by atoms with E-state index in [1.165, 1.54) is 30.2 Å². The number of nitrogens with two attached hydrogens (primary N) is 1. The smallest absolute Gasteiger partial charge is 0.253 e. The molecule has 19 heavy (non-hydrogen) atoms. The van der Waals surface area contributed by atoms with E-state index in [-0.39, 0.29) is 17.7 Å². The molecule has 0 bridgehead atoms. The van der Waals surface area contributed by atoms with Crippen LogP contribution in [0.25, 0.3) is 0 Å². The number of amides is 1. The Morgan fingerprint density at radius 3 is 2.74 bits per heavy atom. The van der Waals surface area contributed by atoms with Gasteiger partial charge in [0.05, 0.1) is 13.7 Å². The van der Waals surface area contributed by atoms with Crippen molar-refractivity contribution in [3.05, 3.63) is 29.6 Å². The first-order chi connectivity index (χ1) is 8.99. The Kier molecular flexibility index (Phi) is 5.72. The van der Waals surface area contributed by atoms with Crippen LogP contribution >= 0.6 is 0 Å². The van der Waals surface area contributed by atoms with Crippen LogP contribution in [-0.2, 0) is 4.74 Å². The van der Waals surface area contributed by atoms with Gasteiger partial charge in [-0.2, -0.15) is 0 Å². The van der Waals surface area contributed by atoms with Crippen LogP contribution in [0.15, 0.2) is 18.2 Å². The lowest BCUT2D eigenvalue weighted by Gasteiger charge is -2.21. The molecule has 1 unspecified atom stereocenters. The Labute approximate surface area is 112 Å². The predicted octanol–water partition coefficient (Wildman–Crippen LogP) is 0.880. The van der Waals surface area contributed by atoms with Gasteiger partial charge in [-0.15, -0.1) is 0 Å². The maximum atomic E-state index is 13.3. The zero-order valence-electron chi connectivity index (χ0n) is 11.4. The maximum Gasteiger partial charge on any atom is 0.253 e. The molecule has 0 saturated carbocycles. The summed E-state index contributed by atoms with van der Waals surface area (Å²) in [5.41, 5.74) is 6.13. The second kappa shape index (κ2) is 7.06. The number of halogens is 1. The molecule has 1 rings (SSSR count). The van der Waals surface area contributed by atoms with Crippen molar-refractivity contribution in [1.82, 2.24) is 4.90 Å². The number of hydrogen-bond donors (Lipinski definition) is 1. The number of carbonyl (C=O) groups is 1. The lowest BCUT2D eigenvalue weighted by Crippen LogP contribution is -2.41. The first-order valence-corrected chi connectivity index (χ1v) is 5.83. The highest BCUT2D eigenvalue weighted by Gasteiger charge is 2.16. The van der Waals surface area contributed by atoms with Gasteiger partial charge < -0.3 is 20.1 Å². The summed E-state index contributed by atoms with van der Waals surface area (Å²) in [6, 6.07) is 3.73. The van der Waals surface area contributed by atoms with Crippen molar-refractivity contribution >= 4 is 5.91 Å². The van der Waals surface area contributed by atoms with E-state index in [0.29, 0.717) is 18.7 Å². The van der Waals surface area contributed by atoms with Gasteiger partial charge in [-0.05, 0) is 18.2 Å². The number of carbonyl (C=O) groups excluding carboxylic acids is 1. The van der Waals surface area contributed by atoms with Gasteiger partial charge in [-0.25, -0.2) is 4.39 Å². The van der Waals surface area contributed by atoms with Crippen LogP contribution in [0.1, 0.15) is 10.4 Å². The first kappa shape index (κ1) is 15.4. The fourth-order valence-corrected chi connectivity index (χ4v) is 1.71. The standard InChI is InChI=1S/C13H19FN2O3/c1-16(7-10(15)8-18-2)13(17)9-4-5-11(14)12(6-9)19-3/h4-6,10H,7-8,15H2,1-3H3. The number of likely N-dealkylation sites (N-methyl/N-ethyl adjacent to an activating group) is 1. The molecular formula is C13H19FN2O3. The molecule has 6 heteroatoms. The summed E-state index contributed by atoms with van der Waals surface area (Å²) in [5, 5.41) is 0. The van der Waals surface area contributed by atoms with Gasteiger partial charge in [0.25, 0.3) is 5.91 Å². The average Bonchev–Trinajstić information content (AvgIpc) is 2.38. The van der Waals surface area contributed by atoms with Crippen molar-refractivity contribution in [2.45, 2.75) is 6.04 Å². The minimum Gasteiger partial charge on any atom is -0.494 e. The van der Waals surface area contributed by atoms with E-state index in [2.05, 4.69) is 0 Å². The number of methoxy groups -OCH3 is 2. The summed E-state index contributed by atoms with van der Waals surface area (Å²) in [6.07, 6.45) is 0. The number of rotatable bonds is 6. The molecule has 0 radical (unpaired) electrons. The van der Waals surface area contributed by atoms with Gasteiger partial charge in [0, 0.05) is 32.3 Å². The molecule has 106 valence electrons. The number of ether oxygens (including phenoxy) is 2. The van der Waals surface area contributed by atoms with E-state index < -0.39 is 5.82 Å². The lowest BCUT2D eigenvalue weighted by molar-refractivity contribution is 0.0764. The number of benzene rings is 1. The van der Waals surface area contributed by atoms with Crippen LogP contribution in [0.2, 0.25) is 0 Å². The highest BCUT2D eigenvalue weighted by molar-refractivity contribution is 5.94. The second-order valence-electron chi connectivity index (χ2n) is 4.25. The van der Waals surface area contributed by atoms with Gasteiger partial charge in [0.15, 0.2) is 11.6 Å². The summed E-state index contributed by atoms with van der Waals surface area (Å²) in [6.45, 7) is 0.719. The van der Waals surface area contributed by atoms with Crippen LogP contribution in [0.3, 0.4) is 0 Å². The summed E-state index contributed by atoms with van der Waals surface area (Å²) in [5.74, 6) is -0.705. The zero-order valence-corrected chi connectivity index (χ0v) is 11.4. The summed E-state index contributed by atoms with van der Waals surface area (Å²) < 4.78 is 23.0. The van der Waals surface area contributed by atoms with Gasteiger partial charge >= 0.3 is 0 Å². The second-order valence-corrected chi connectivity index (χ2v) is 4.25. The van der Waals surface area contributed by atoms with Crippen LogP contribution in [0.5, 0.6) is 5.75 Å². The van der Waals surface area contributed by atoms with Crippen LogP contribution in [0, 0.1) is 5.82 Å². The van der Waals surface area contributed by atoms with Gasteiger partial charge in [0.2, 0.25) is 0 Å². The van der Waals surface area contributed by atoms with Crippen LogP contribution in [0.4, 0.5) is 4.39 Å². The zero-order chi connectivity index (χ0) is 14.4. The summed E-state index contributed by atoms with van der Waals surface area (Å²) in [4.78, 5) is 13.6. The van der Waals surface area contributed by atoms with E-state index in [0.717, 1.165) is 0 Å². The predicted molar refractivity (Wildman–Crippen MR) is 69.8 cm³/mol. The molecular weight excluding hydrogens is 251 g/mol. The minimum absolute atomic E-state index is 0.0421. The van der Waals surface area contributed by atoms with Crippen molar-refractivity contribution in [2.24, 2.45) is 5.73 Å². The quantitative estimate of drug-likeness (QED) is 0.833. The number of nitrogens with zero attached hydrogens (tertiary/aromatic N) is 1. The molecule has 0 saturated heterocycles. The third-order valence-corrected chi connectivity index (χ3v) is 2.63. The molecule has 1 atom stereocenters. The molecule has 0 aliphatic heterocycles. The topological polar surface area (TPSA) is 64.8 Å².